The molecule has 5 heteroatoms. The number of nitrogens with two attached hydrogens (primary N) is 1. The zero-order valence-corrected chi connectivity index (χ0v) is 12.2. The first-order valence-electron chi connectivity index (χ1n) is 7.18. The van der Waals surface area contributed by atoms with Gasteiger partial charge in [-0.3, -0.25) is 4.90 Å². The second kappa shape index (κ2) is 6.50. The van der Waals surface area contributed by atoms with Gasteiger partial charge in [0, 0.05) is 32.9 Å². The highest BCUT2D eigenvalue weighted by molar-refractivity contribution is 5.07. The van der Waals surface area contributed by atoms with Gasteiger partial charge in [-0.1, -0.05) is 6.92 Å². The Hall–Kier alpha value is -0.910. The molecule has 0 bridgehead atoms. The molecule has 2 heterocycles. The van der Waals surface area contributed by atoms with Gasteiger partial charge < -0.3 is 15.0 Å². The minimum Gasteiger partial charge on any atom is -0.380 e. The standard InChI is InChI=1S/C14H26N4O/c1-4-17-10-16-8-13(17)12(7-15)18-6-5-11(2)14(9-18)19-3/h8,10-12,14H,4-7,9,15H2,1-3H3. The fraction of sp³-hybridized carbons (Fsp3) is 0.786. The van der Waals surface area contributed by atoms with E-state index in [1.54, 1.807) is 7.11 Å². The van der Waals surface area contributed by atoms with Crippen LogP contribution in [0.2, 0.25) is 0 Å². The van der Waals surface area contributed by atoms with Crippen molar-refractivity contribution in [2.45, 2.75) is 39.0 Å². The summed E-state index contributed by atoms with van der Waals surface area (Å²) in [6.07, 6.45) is 5.30. The second-order valence-electron chi connectivity index (χ2n) is 5.39. The number of hydrogen-bond donors (Lipinski definition) is 1. The minimum atomic E-state index is 0.243. The summed E-state index contributed by atoms with van der Waals surface area (Å²) in [6, 6.07) is 0.243. The van der Waals surface area contributed by atoms with Crippen LogP contribution in [0.3, 0.4) is 0 Å². The first-order chi connectivity index (χ1) is 9.21. The van der Waals surface area contributed by atoms with Gasteiger partial charge in [0.25, 0.3) is 0 Å². The van der Waals surface area contributed by atoms with Crippen molar-refractivity contribution >= 4 is 0 Å². The lowest BCUT2D eigenvalue weighted by Crippen LogP contribution is -2.47. The van der Waals surface area contributed by atoms with Gasteiger partial charge in [0.2, 0.25) is 0 Å². The van der Waals surface area contributed by atoms with Crippen LogP contribution in [0.1, 0.15) is 32.0 Å². The van der Waals surface area contributed by atoms with E-state index in [-0.39, 0.29) is 6.04 Å². The number of methoxy groups -OCH3 is 1. The molecule has 3 unspecified atom stereocenters. The van der Waals surface area contributed by atoms with Crippen LogP contribution in [0, 0.1) is 5.92 Å². The second-order valence-corrected chi connectivity index (χ2v) is 5.39. The van der Waals surface area contributed by atoms with Gasteiger partial charge in [0.1, 0.15) is 0 Å². The Morgan fingerprint density at radius 3 is 3.00 bits per heavy atom. The predicted octanol–water partition coefficient (Wildman–Crippen LogP) is 1.26. The Morgan fingerprint density at radius 2 is 2.37 bits per heavy atom. The smallest absolute Gasteiger partial charge is 0.0948 e. The van der Waals surface area contributed by atoms with E-state index in [1.807, 2.05) is 12.5 Å². The molecule has 2 rings (SSSR count). The summed E-state index contributed by atoms with van der Waals surface area (Å²) in [5.74, 6) is 0.621. The molecule has 3 atom stereocenters. The monoisotopic (exact) mass is 266 g/mol. The van der Waals surface area contributed by atoms with Crippen molar-refractivity contribution < 1.29 is 4.74 Å². The first-order valence-corrected chi connectivity index (χ1v) is 7.18. The maximum absolute atomic E-state index is 6.02. The number of rotatable bonds is 5. The van der Waals surface area contributed by atoms with Gasteiger partial charge in [0.05, 0.1) is 24.2 Å². The highest BCUT2D eigenvalue weighted by Gasteiger charge is 2.31. The maximum Gasteiger partial charge on any atom is 0.0948 e. The third kappa shape index (κ3) is 2.99. The summed E-state index contributed by atoms with van der Waals surface area (Å²) in [7, 11) is 1.80. The van der Waals surface area contributed by atoms with Gasteiger partial charge in [-0.05, 0) is 25.8 Å². The van der Waals surface area contributed by atoms with Crippen molar-refractivity contribution in [1.29, 1.82) is 0 Å². The lowest BCUT2D eigenvalue weighted by Gasteiger charge is -2.40. The SMILES string of the molecule is CCn1cncc1C(CN)N1CCC(C)C(OC)C1. The normalized spacial score (nSPS) is 26.5. The molecule has 1 aliphatic heterocycles. The lowest BCUT2D eigenvalue weighted by atomic mass is 9.94. The van der Waals surface area contributed by atoms with Crippen LogP contribution in [0.25, 0.3) is 0 Å². The Morgan fingerprint density at radius 1 is 1.58 bits per heavy atom. The molecule has 0 aromatic carbocycles. The number of aryl methyl sites for hydroxylation is 1. The third-order valence-electron chi connectivity index (χ3n) is 4.31. The van der Waals surface area contributed by atoms with E-state index in [4.69, 9.17) is 10.5 Å². The van der Waals surface area contributed by atoms with Gasteiger partial charge in [0.15, 0.2) is 0 Å². The van der Waals surface area contributed by atoms with Crippen LogP contribution in [0.15, 0.2) is 12.5 Å². The molecule has 1 saturated heterocycles. The van der Waals surface area contributed by atoms with Crippen LogP contribution >= 0.6 is 0 Å². The van der Waals surface area contributed by atoms with Gasteiger partial charge >= 0.3 is 0 Å². The molecule has 108 valence electrons. The van der Waals surface area contributed by atoms with E-state index < -0.39 is 0 Å². The van der Waals surface area contributed by atoms with E-state index in [0.717, 1.165) is 26.1 Å². The summed E-state index contributed by atoms with van der Waals surface area (Å²) in [4.78, 5) is 6.70. The van der Waals surface area contributed by atoms with Crippen molar-refractivity contribution in [2.24, 2.45) is 11.7 Å². The minimum absolute atomic E-state index is 0.243. The fourth-order valence-corrected chi connectivity index (χ4v) is 2.98. The van der Waals surface area contributed by atoms with E-state index in [9.17, 15) is 0 Å². The van der Waals surface area contributed by atoms with Crippen molar-refractivity contribution in [3.8, 4) is 0 Å². The quantitative estimate of drug-likeness (QED) is 0.871. The Labute approximate surface area is 115 Å². The summed E-state index contributed by atoms with van der Waals surface area (Å²) < 4.78 is 7.78. The first kappa shape index (κ1) is 14.5. The zero-order valence-electron chi connectivity index (χ0n) is 12.2. The molecule has 1 aromatic heterocycles. The summed E-state index contributed by atoms with van der Waals surface area (Å²) >= 11 is 0. The van der Waals surface area contributed by atoms with Crippen LogP contribution < -0.4 is 5.73 Å². The predicted molar refractivity (Wildman–Crippen MR) is 75.8 cm³/mol. The van der Waals surface area contributed by atoms with Crippen molar-refractivity contribution in [1.82, 2.24) is 14.5 Å². The Bertz CT molecular complexity index is 393. The average molecular weight is 266 g/mol. The van der Waals surface area contributed by atoms with Crippen molar-refractivity contribution in [2.75, 3.05) is 26.7 Å². The third-order valence-corrected chi connectivity index (χ3v) is 4.31. The summed E-state index contributed by atoms with van der Waals surface area (Å²) in [5.41, 5.74) is 7.23. The highest BCUT2D eigenvalue weighted by Crippen LogP contribution is 2.27. The summed E-state index contributed by atoms with van der Waals surface area (Å²) in [5, 5.41) is 0. The van der Waals surface area contributed by atoms with Gasteiger partial charge in [-0.15, -0.1) is 0 Å². The fourth-order valence-electron chi connectivity index (χ4n) is 2.98. The number of ether oxygens (including phenoxy) is 1. The van der Waals surface area contributed by atoms with Crippen LogP contribution in [0.5, 0.6) is 0 Å². The molecule has 19 heavy (non-hydrogen) atoms. The molecule has 1 aromatic rings. The van der Waals surface area contributed by atoms with E-state index in [1.165, 1.54) is 5.69 Å². The largest absolute Gasteiger partial charge is 0.380 e. The Balaban J connectivity index is 2.14. The van der Waals surface area contributed by atoms with Crippen LogP contribution in [0.4, 0.5) is 0 Å². The molecule has 0 aliphatic carbocycles. The van der Waals surface area contributed by atoms with Crippen molar-refractivity contribution in [3.63, 3.8) is 0 Å². The molecule has 5 nitrogen and oxygen atoms in total. The van der Waals surface area contributed by atoms with Crippen LogP contribution in [-0.4, -0.2) is 47.3 Å². The van der Waals surface area contributed by atoms with Crippen molar-refractivity contribution in [3.05, 3.63) is 18.2 Å². The zero-order chi connectivity index (χ0) is 13.8. The van der Waals surface area contributed by atoms with Crippen LogP contribution in [-0.2, 0) is 11.3 Å². The van der Waals surface area contributed by atoms with Gasteiger partial charge in [-0.25, -0.2) is 4.98 Å². The molecular formula is C14H26N4O. The number of piperidine rings is 1. The van der Waals surface area contributed by atoms with E-state index >= 15 is 0 Å². The molecule has 0 spiro atoms. The average Bonchev–Trinajstić information content (AvgIpc) is 2.89. The highest BCUT2D eigenvalue weighted by atomic mass is 16.5. The molecule has 2 N–H and O–H groups in total. The van der Waals surface area contributed by atoms with E-state index in [2.05, 4.69) is 28.3 Å². The topological polar surface area (TPSA) is 56.3 Å². The number of hydrogen-bond acceptors (Lipinski definition) is 4. The number of imidazole rings is 1. The maximum atomic E-state index is 6.02. The molecule has 0 amide bonds. The number of nitrogens with zero attached hydrogens (tertiary/aromatic N) is 3. The van der Waals surface area contributed by atoms with E-state index in [0.29, 0.717) is 18.6 Å². The number of likely N-dealkylation sites (tertiary alicyclic amines) is 1. The van der Waals surface area contributed by atoms with Gasteiger partial charge in [-0.2, -0.15) is 0 Å². The lowest BCUT2D eigenvalue weighted by molar-refractivity contribution is -0.0193. The Kier molecular flexibility index (Phi) is 4.96. The molecule has 0 radical (unpaired) electrons. The summed E-state index contributed by atoms with van der Waals surface area (Å²) in [6.45, 7) is 7.99. The number of aromatic nitrogens is 2. The molecule has 1 fully saturated rings. The molecule has 0 saturated carbocycles. The molecule has 1 aliphatic rings. The molecular weight excluding hydrogens is 240 g/mol.